The van der Waals surface area contributed by atoms with Crippen LogP contribution in [0.2, 0.25) is 0 Å². The Bertz CT molecular complexity index is 265. The van der Waals surface area contributed by atoms with E-state index in [0.717, 1.165) is 51.7 Å². The molecule has 0 spiro atoms. The number of rotatable bonds is 4. The van der Waals surface area contributed by atoms with Gasteiger partial charge in [0.15, 0.2) is 0 Å². The molecule has 0 bridgehead atoms. The van der Waals surface area contributed by atoms with Crippen molar-refractivity contribution in [3.63, 3.8) is 0 Å². The quantitative estimate of drug-likeness (QED) is 0.776. The molecule has 1 aliphatic carbocycles. The lowest BCUT2D eigenvalue weighted by atomic mass is 9.84. The molecule has 2 N–H and O–H groups in total. The van der Waals surface area contributed by atoms with Crippen LogP contribution in [0.15, 0.2) is 0 Å². The Hall–Kier alpha value is -0.160. The Morgan fingerprint density at radius 3 is 2.50 bits per heavy atom. The summed E-state index contributed by atoms with van der Waals surface area (Å²) in [6.07, 6.45) is 6.02. The largest absolute Gasteiger partial charge is 0.392 e. The molecule has 0 amide bonds. The van der Waals surface area contributed by atoms with Crippen molar-refractivity contribution in [3.05, 3.63) is 0 Å². The van der Waals surface area contributed by atoms with Gasteiger partial charge in [-0.3, -0.25) is 4.90 Å². The Kier molecular flexibility index (Phi) is 4.64. The average Bonchev–Trinajstić information content (AvgIpc) is 2.58. The molecule has 0 aromatic rings. The van der Waals surface area contributed by atoms with Gasteiger partial charge in [-0.1, -0.05) is 19.3 Å². The van der Waals surface area contributed by atoms with E-state index in [1.165, 1.54) is 6.42 Å². The van der Waals surface area contributed by atoms with E-state index in [4.69, 9.17) is 0 Å². The molecular formula is C14H28N2O2. The fraction of sp³-hybridized carbons (Fsp3) is 1.00. The fourth-order valence-corrected chi connectivity index (χ4v) is 3.51. The number of hydrogen-bond donors (Lipinski definition) is 2. The number of nitrogens with zero attached hydrogens (tertiary/aromatic N) is 2. The summed E-state index contributed by atoms with van der Waals surface area (Å²) >= 11 is 0. The lowest BCUT2D eigenvalue weighted by Gasteiger charge is -2.38. The predicted molar refractivity (Wildman–Crippen MR) is 72.6 cm³/mol. The molecule has 2 aliphatic rings. The zero-order chi connectivity index (χ0) is 13.2. The Morgan fingerprint density at radius 1 is 1.22 bits per heavy atom. The average molecular weight is 256 g/mol. The first-order chi connectivity index (χ1) is 8.48. The highest BCUT2D eigenvalue weighted by Crippen LogP contribution is 2.31. The molecule has 0 aromatic carbocycles. The summed E-state index contributed by atoms with van der Waals surface area (Å²) in [5, 5.41) is 20.5. The monoisotopic (exact) mass is 256 g/mol. The van der Waals surface area contributed by atoms with Gasteiger partial charge in [0.2, 0.25) is 0 Å². The molecule has 18 heavy (non-hydrogen) atoms. The summed E-state index contributed by atoms with van der Waals surface area (Å²) in [5.41, 5.74) is -0.507. The van der Waals surface area contributed by atoms with Gasteiger partial charge in [0.25, 0.3) is 0 Å². The Labute approximate surface area is 111 Å². The molecular weight excluding hydrogens is 228 g/mol. The van der Waals surface area contributed by atoms with Gasteiger partial charge in [0, 0.05) is 25.7 Å². The molecule has 106 valence electrons. The molecule has 2 atom stereocenters. The zero-order valence-corrected chi connectivity index (χ0v) is 11.8. The van der Waals surface area contributed by atoms with Crippen molar-refractivity contribution >= 4 is 0 Å². The van der Waals surface area contributed by atoms with E-state index in [2.05, 4.69) is 23.9 Å². The van der Waals surface area contributed by atoms with E-state index in [-0.39, 0.29) is 6.10 Å². The van der Waals surface area contributed by atoms with Crippen LogP contribution in [-0.2, 0) is 0 Å². The van der Waals surface area contributed by atoms with Crippen LogP contribution in [0.1, 0.15) is 38.5 Å². The molecule has 4 nitrogen and oxygen atoms in total. The van der Waals surface area contributed by atoms with Gasteiger partial charge in [0.1, 0.15) is 0 Å². The number of aliphatic hydroxyl groups excluding tert-OH is 1. The first-order valence-corrected chi connectivity index (χ1v) is 7.28. The molecule has 0 aromatic heterocycles. The van der Waals surface area contributed by atoms with Crippen molar-refractivity contribution in [2.75, 3.05) is 33.7 Å². The van der Waals surface area contributed by atoms with E-state index < -0.39 is 5.60 Å². The Morgan fingerprint density at radius 2 is 1.89 bits per heavy atom. The summed E-state index contributed by atoms with van der Waals surface area (Å²) in [4.78, 5) is 4.47. The van der Waals surface area contributed by atoms with Crippen LogP contribution in [0.25, 0.3) is 0 Å². The summed E-state index contributed by atoms with van der Waals surface area (Å²) in [6, 6.07) is 0.390. The third-order valence-corrected chi connectivity index (χ3v) is 4.36. The van der Waals surface area contributed by atoms with Crippen molar-refractivity contribution in [2.45, 2.75) is 56.3 Å². The van der Waals surface area contributed by atoms with Gasteiger partial charge in [-0.25, -0.2) is 0 Å². The van der Waals surface area contributed by atoms with Crippen molar-refractivity contribution in [3.8, 4) is 0 Å². The maximum atomic E-state index is 10.6. The number of β-amino-alcohol motifs (C(OH)–C–C–N with tert-alkyl or cyclic N) is 2. The van der Waals surface area contributed by atoms with Crippen molar-refractivity contribution in [2.24, 2.45) is 0 Å². The van der Waals surface area contributed by atoms with Crippen molar-refractivity contribution < 1.29 is 10.2 Å². The molecule has 2 rings (SSSR count). The molecule has 1 heterocycles. The molecule has 4 heteroatoms. The molecule has 1 saturated carbocycles. The number of likely N-dealkylation sites (N-methyl/N-ethyl adjacent to an activating group) is 1. The lowest BCUT2D eigenvalue weighted by Crippen LogP contribution is -2.48. The smallest absolute Gasteiger partial charge is 0.0774 e. The number of aliphatic hydroxyl groups is 2. The van der Waals surface area contributed by atoms with Gasteiger partial charge < -0.3 is 15.1 Å². The van der Waals surface area contributed by atoms with Crippen LogP contribution < -0.4 is 0 Å². The van der Waals surface area contributed by atoms with Gasteiger partial charge in [-0.2, -0.15) is 0 Å². The highest BCUT2D eigenvalue weighted by Gasteiger charge is 2.38. The predicted octanol–water partition coefficient (Wildman–Crippen LogP) is 0.678. The van der Waals surface area contributed by atoms with Gasteiger partial charge >= 0.3 is 0 Å². The second kappa shape index (κ2) is 5.87. The summed E-state index contributed by atoms with van der Waals surface area (Å²) in [6.45, 7) is 2.43. The highest BCUT2D eigenvalue weighted by molar-refractivity contribution is 4.93. The minimum Gasteiger partial charge on any atom is -0.392 e. The molecule has 1 saturated heterocycles. The molecule has 2 fully saturated rings. The second-order valence-electron chi connectivity index (χ2n) is 6.52. The van der Waals surface area contributed by atoms with Crippen LogP contribution in [0, 0.1) is 0 Å². The van der Waals surface area contributed by atoms with E-state index in [1.807, 2.05) is 0 Å². The fourth-order valence-electron chi connectivity index (χ4n) is 3.51. The van der Waals surface area contributed by atoms with E-state index in [0.29, 0.717) is 6.04 Å². The van der Waals surface area contributed by atoms with Crippen LogP contribution >= 0.6 is 0 Å². The highest BCUT2D eigenvalue weighted by atomic mass is 16.3. The van der Waals surface area contributed by atoms with Crippen molar-refractivity contribution in [1.29, 1.82) is 0 Å². The minimum atomic E-state index is -0.507. The molecule has 2 unspecified atom stereocenters. The van der Waals surface area contributed by atoms with Gasteiger partial charge in [-0.15, -0.1) is 0 Å². The molecule has 1 aliphatic heterocycles. The van der Waals surface area contributed by atoms with Crippen LogP contribution in [0.5, 0.6) is 0 Å². The SMILES string of the molecule is CN(C)CC1CC(O)CN1CC1(O)CCCCC1. The van der Waals surface area contributed by atoms with Crippen molar-refractivity contribution in [1.82, 2.24) is 9.80 Å². The molecule has 0 radical (unpaired) electrons. The van der Waals surface area contributed by atoms with Gasteiger partial charge in [-0.05, 0) is 33.4 Å². The number of likely N-dealkylation sites (tertiary alicyclic amines) is 1. The maximum absolute atomic E-state index is 10.6. The third-order valence-electron chi connectivity index (χ3n) is 4.36. The first kappa shape index (κ1) is 14.3. The first-order valence-electron chi connectivity index (χ1n) is 7.28. The number of hydrogen-bond acceptors (Lipinski definition) is 4. The van der Waals surface area contributed by atoms with Crippen LogP contribution in [0.3, 0.4) is 0 Å². The standard InChI is InChI=1S/C14H28N2O2/c1-15(2)9-12-8-13(17)10-16(12)11-14(18)6-4-3-5-7-14/h12-13,17-18H,3-11H2,1-2H3. The maximum Gasteiger partial charge on any atom is 0.0774 e. The van der Waals surface area contributed by atoms with Gasteiger partial charge in [0.05, 0.1) is 11.7 Å². The zero-order valence-electron chi connectivity index (χ0n) is 11.8. The third kappa shape index (κ3) is 3.67. The summed E-state index contributed by atoms with van der Waals surface area (Å²) in [5.74, 6) is 0. The normalized spacial score (nSPS) is 33.2. The summed E-state index contributed by atoms with van der Waals surface area (Å²) in [7, 11) is 4.14. The van der Waals surface area contributed by atoms with E-state index in [9.17, 15) is 10.2 Å². The van der Waals surface area contributed by atoms with E-state index >= 15 is 0 Å². The van der Waals surface area contributed by atoms with Crippen LogP contribution in [0.4, 0.5) is 0 Å². The summed E-state index contributed by atoms with van der Waals surface area (Å²) < 4.78 is 0. The second-order valence-corrected chi connectivity index (χ2v) is 6.52. The lowest BCUT2D eigenvalue weighted by molar-refractivity contribution is -0.0318. The van der Waals surface area contributed by atoms with E-state index in [1.54, 1.807) is 0 Å². The topological polar surface area (TPSA) is 46.9 Å². The minimum absolute atomic E-state index is 0.220. The Balaban J connectivity index is 1.93. The van der Waals surface area contributed by atoms with Crippen LogP contribution in [-0.4, -0.2) is 71.5 Å².